The molecule has 0 aliphatic rings. The normalized spacial score (nSPS) is 11.9. The number of hydrogen-bond donors (Lipinski definition) is 0. The fourth-order valence-electron chi connectivity index (χ4n) is 0.799. The Balaban J connectivity index is 3.84. The summed E-state index contributed by atoms with van der Waals surface area (Å²) >= 11 is 9.87. The fourth-order valence-corrected chi connectivity index (χ4v) is 1.97. The van der Waals surface area contributed by atoms with E-state index in [1.807, 2.05) is 0 Å². The van der Waals surface area contributed by atoms with Gasteiger partial charge in [0, 0.05) is 0 Å². The van der Waals surface area contributed by atoms with Crippen LogP contribution in [-0.4, -0.2) is 8.42 Å². The van der Waals surface area contributed by atoms with Gasteiger partial charge in [0.25, 0.3) is 0 Å². The van der Waals surface area contributed by atoms with Gasteiger partial charge in [-0.15, -0.1) is 3.89 Å². The summed E-state index contributed by atoms with van der Waals surface area (Å²) in [5.41, 5.74) is 0. The Kier molecular flexibility index (Phi) is 3.18. The van der Waals surface area contributed by atoms with Crippen molar-refractivity contribution in [2.24, 2.45) is 0 Å². The van der Waals surface area contributed by atoms with Crippen molar-refractivity contribution in [2.75, 3.05) is 0 Å². The first-order chi connectivity index (χ1) is 6.68. The third-order valence-electron chi connectivity index (χ3n) is 1.41. The van der Waals surface area contributed by atoms with Gasteiger partial charge in [0.15, 0.2) is 22.3 Å². The molecule has 1 aromatic carbocycles. The second-order valence-electron chi connectivity index (χ2n) is 2.34. The predicted molar refractivity (Wildman–Crippen MR) is 44.6 cm³/mol. The summed E-state index contributed by atoms with van der Waals surface area (Å²) in [5.74, 6) is -5.81. The summed E-state index contributed by atoms with van der Waals surface area (Å²) in [7, 11) is -5.71. The zero-order chi connectivity index (χ0) is 12.0. The van der Waals surface area contributed by atoms with E-state index in [4.69, 9.17) is 23.2 Å². The van der Waals surface area contributed by atoms with Gasteiger partial charge in [0.05, 0.1) is 0 Å². The molecular formula is C6Cl2F4O2S. The van der Waals surface area contributed by atoms with Gasteiger partial charge in [-0.05, 0) is 0 Å². The molecule has 0 radical (unpaired) electrons. The Morgan fingerprint density at radius 3 is 1.47 bits per heavy atom. The van der Waals surface area contributed by atoms with Gasteiger partial charge < -0.3 is 0 Å². The molecule has 0 fully saturated rings. The van der Waals surface area contributed by atoms with Crippen molar-refractivity contribution in [2.45, 2.75) is 4.90 Å². The lowest BCUT2D eigenvalue weighted by Gasteiger charge is -2.05. The SMILES string of the molecule is O=S(=O)(F)c1c(F)c(Cl)c(F)c(Cl)c1F. The molecule has 0 unspecified atom stereocenters. The molecule has 0 aliphatic carbocycles. The third-order valence-corrected chi connectivity index (χ3v) is 2.92. The first-order valence-corrected chi connectivity index (χ1v) is 5.28. The van der Waals surface area contributed by atoms with Crippen LogP contribution in [-0.2, 0) is 10.2 Å². The van der Waals surface area contributed by atoms with Gasteiger partial charge in [-0.25, -0.2) is 13.2 Å². The summed E-state index contributed by atoms with van der Waals surface area (Å²) in [6.45, 7) is 0. The van der Waals surface area contributed by atoms with Crippen molar-refractivity contribution < 1.29 is 25.5 Å². The van der Waals surface area contributed by atoms with E-state index in [0.717, 1.165) is 0 Å². The van der Waals surface area contributed by atoms with Crippen LogP contribution in [0.2, 0.25) is 10.0 Å². The van der Waals surface area contributed by atoms with Crippen LogP contribution in [0.3, 0.4) is 0 Å². The van der Waals surface area contributed by atoms with Crippen LogP contribution in [0.4, 0.5) is 17.1 Å². The maximum absolute atomic E-state index is 12.9. The van der Waals surface area contributed by atoms with Gasteiger partial charge >= 0.3 is 10.2 Å². The van der Waals surface area contributed by atoms with E-state index in [9.17, 15) is 25.5 Å². The summed E-state index contributed by atoms with van der Waals surface area (Å²) in [4.78, 5) is -2.00. The standard InChI is InChI=1S/C6Cl2F4O2S/c7-1-3(9)2(8)5(11)6(4(1)10)15(12,13)14. The van der Waals surface area contributed by atoms with Crippen molar-refractivity contribution in [3.05, 3.63) is 27.5 Å². The van der Waals surface area contributed by atoms with E-state index in [-0.39, 0.29) is 0 Å². The zero-order valence-corrected chi connectivity index (χ0v) is 8.82. The molecule has 15 heavy (non-hydrogen) atoms. The van der Waals surface area contributed by atoms with Crippen molar-refractivity contribution >= 4 is 33.4 Å². The monoisotopic (exact) mass is 282 g/mol. The van der Waals surface area contributed by atoms with Crippen molar-refractivity contribution in [3.8, 4) is 0 Å². The van der Waals surface area contributed by atoms with Crippen LogP contribution in [0.5, 0.6) is 0 Å². The Morgan fingerprint density at radius 2 is 1.20 bits per heavy atom. The maximum atomic E-state index is 12.9. The predicted octanol–water partition coefficient (Wildman–Crippen LogP) is 3.07. The highest BCUT2D eigenvalue weighted by Crippen LogP contribution is 2.34. The van der Waals surface area contributed by atoms with Gasteiger partial charge in [-0.1, -0.05) is 23.2 Å². The maximum Gasteiger partial charge on any atom is 0.338 e. The third kappa shape index (κ3) is 2.04. The number of rotatable bonds is 1. The molecule has 1 rings (SSSR count). The lowest BCUT2D eigenvalue weighted by molar-refractivity contribution is 0.485. The lowest BCUT2D eigenvalue weighted by Crippen LogP contribution is -2.04. The van der Waals surface area contributed by atoms with Crippen LogP contribution in [0, 0.1) is 17.5 Å². The smallest absolute Gasteiger partial charge is 0.204 e. The first-order valence-electron chi connectivity index (χ1n) is 3.14. The molecule has 0 N–H and O–H groups in total. The van der Waals surface area contributed by atoms with Crippen molar-refractivity contribution in [3.63, 3.8) is 0 Å². The summed E-state index contributed by atoms with van der Waals surface area (Å²) in [5, 5.41) is -2.78. The van der Waals surface area contributed by atoms with Gasteiger partial charge in [0.1, 0.15) is 10.0 Å². The first kappa shape index (κ1) is 12.5. The molecule has 0 spiro atoms. The number of halogens is 6. The Hall–Kier alpha value is -0.530. The molecule has 0 atom stereocenters. The highest BCUT2D eigenvalue weighted by molar-refractivity contribution is 7.86. The minimum Gasteiger partial charge on any atom is -0.204 e. The largest absolute Gasteiger partial charge is 0.338 e. The number of benzene rings is 1. The second kappa shape index (κ2) is 3.80. The topological polar surface area (TPSA) is 34.1 Å². The van der Waals surface area contributed by atoms with E-state index in [0.29, 0.717) is 0 Å². The van der Waals surface area contributed by atoms with Crippen LogP contribution in [0.25, 0.3) is 0 Å². The molecule has 1 aromatic rings. The molecule has 84 valence electrons. The minimum atomic E-state index is -5.71. The van der Waals surface area contributed by atoms with Crippen LogP contribution < -0.4 is 0 Å². The molecule has 0 amide bonds. The van der Waals surface area contributed by atoms with Gasteiger partial charge in [-0.2, -0.15) is 8.42 Å². The van der Waals surface area contributed by atoms with Crippen molar-refractivity contribution in [1.82, 2.24) is 0 Å². The van der Waals surface area contributed by atoms with E-state index < -0.39 is 42.6 Å². The number of hydrogen-bond acceptors (Lipinski definition) is 2. The quantitative estimate of drug-likeness (QED) is 0.343. The molecule has 9 heteroatoms. The Labute approximate surface area is 91.6 Å². The molecule has 0 heterocycles. The Bertz CT molecular complexity index is 499. The van der Waals surface area contributed by atoms with Gasteiger partial charge in [-0.3, -0.25) is 0 Å². The van der Waals surface area contributed by atoms with E-state index in [2.05, 4.69) is 0 Å². The summed E-state index contributed by atoms with van der Waals surface area (Å²) in [6.07, 6.45) is 0. The van der Waals surface area contributed by atoms with E-state index >= 15 is 0 Å². The molecule has 0 bridgehead atoms. The van der Waals surface area contributed by atoms with Crippen LogP contribution in [0.15, 0.2) is 4.90 Å². The zero-order valence-electron chi connectivity index (χ0n) is 6.49. The Morgan fingerprint density at radius 1 is 0.867 bits per heavy atom. The highest BCUT2D eigenvalue weighted by Gasteiger charge is 2.31. The summed E-state index contributed by atoms with van der Waals surface area (Å²) < 4.78 is 71.6. The fraction of sp³-hybridized carbons (Fsp3) is 0. The van der Waals surface area contributed by atoms with Gasteiger partial charge in [0.2, 0.25) is 0 Å². The minimum absolute atomic E-state index is 1.39. The summed E-state index contributed by atoms with van der Waals surface area (Å²) in [6, 6.07) is 0. The second-order valence-corrected chi connectivity index (χ2v) is 4.38. The molecule has 0 aliphatic heterocycles. The average Bonchev–Trinajstić information content (AvgIpc) is 2.09. The molecule has 0 saturated carbocycles. The van der Waals surface area contributed by atoms with Crippen LogP contribution >= 0.6 is 23.2 Å². The van der Waals surface area contributed by atoms with E-state index in [1.54, 1.807) is 0 Å². The molecule has 0 aromatic heterocycles. The average molecular weight is 283 g/mol. The highest BCUT2D eigenvalue weighted by atomic mass is 35.5. The van der Waals surface area contributed by atoms with E-state index in [1.165, 1.54) is 0 Å². The lowest BCUT2D eigenvalue weighted by atomic mass is 10.3. The molecule has 2 nitrogen and oxygen atoms in total. The van der Waals surface area contributed by atoms with Crippen molar-refractivity contribution in [1.29, 1.82) is 0 Å². The van der Waals surface area contributed by atoms with Crippen LogP contribution in [0.1, 0.15) is 0 Å². The molecule has 0 saturated heterocycles. The molecular weight excluding hydrogens is 283 g/mol.